The summed E-state index contributed by atoms with van der Waals surface area (Å²) in [5.74, 6) is -0.966. The molecule has 118 valence electrons. The molecular weight excluding hydrogens is 337 g/mol. The number of hydrogen-bond acceptors (Lipinski definition) is 3. The van der Waals surface area contributed by atoms with Gasteiger partial charge in [-0.1, -0.05) is 41.4 Å². The highest BCUT2D eigenvalue weighted by molar-refractivity contribution is 6.35. The Balaban J connectivity index is 1.88. The third-order valence-corrected chi connectivity index (χ3v) is 4.30. The zero-order valence-corrected chi connectivity index (χ0v) is 13.7. The number of nitrogens with one attached hydrogen (secondary N) is 1. The van der Waals surface area contributed by atoms with Crippen LogP contribution >= 0.6 is 23.2 Å². The number of rotatable bonds is 2. The van der Waals surface area contributed by atoms with Crippen LogP contribution in [0.2, 0.25) is 10.0 Å². The number of esters is 1. The van der Waals surface area contributed by atoms with Crippen molar-refractivity contribution in [3.05, 3.63) is 63.6 Å². The molecule has 0 spiro atoms. The maximum Gasteiger partial charge on any atom is 0.339 e. The van der Waals surface area contributed by atoms with Gasteiger partial charge in [-0.25, -0.2) is 4.79 Å². The molecule has 1 aliphatic heterocycles. The van der Waals surface area contributed by atoms with Gasteiger partial charge in [0.25, 0.3) is 5.91 Å². The van der Waals surface area contributed by atoms with Crippen molar-refractivity contribution in [2.24, 2.45) is 0 Å². The first-order chi connectivity index (χ1) is 10.9. The summed E-state index contributed by atoms with van der Waals surface area (Å²) in [7, 11) is 0. The molecule has 0 saturated carbocycles. The fourth-order valence-corrected chi connectivity index (χ4v) is 2.84. The van der Waals surface area contributed by atoms with Crippen LogP contribution in [0.1, 0.15) is 22.8 Å². The Morgan fingerprint density at radius 1 is 1.22 bits per heavy atom. The molecule has 0 bridgehead atoms. The van der Waals surface area contributed by atoms with Crippen molar-refractivity contribution >= 4 is 40.8 Å². The van der Waals surface area contributed by atoms with Crippen molar-refractivity contribution in [2.45, 2.75) is 18.9 Å². The highest BCUT2D eigenvalue weighted by Gasteiger charge is 2.42. The summed E-state index contributed by atoms with van der Waals surface area (Å²) in [6.07, 6.45) is 0.291. The molecule has 0 aliphatic carbocycles. The summed E-state index contributed by atoms with van der Waals surface area (Å²) in [5.41, 5.74) is 0.328. The molecule has 0 fully saturated rings. The first-order valence-electron chi connectivity index (χ1n) is 6.97. The number of ether oxygens (including phenoxy) is 1. The molecule has 0 unspecified atom stereocenters. The first kappa shape index (κ1) is 15.8. The second kappa shape index (κ2) is 5.87. The molecule has 0 radical (unpaired) electrons. The second-order valence-electron chi connectivity index (χ2n) is 5.53. The van der Waals surface area contributed by atoms with Gasteiger partial charge in [0.05, 0.1) is 16.3 Å². The van der Waals surface area contributed by atoms with Gasteiger partial charge in [-0.2, -0.15) is 0 Å². The number of amides is 1. The van der Waals surface area contributed by atoms with Crippen molar-refractivity contribution in [1.82, 2.24) is 0 Å². The predicted octanol–water partition coefficient (Wildman–Crippen LogP) is 4.10. The summed E-state index contributed by atoms with van der Waals surface area (Å²) in [4.78, 5) is 24.7. The lowest BCUT2D eigenvalue weighted by Gasteiger charge is -2.33. The maximum absolute atomic E-state index is 12.6. The van der Waals surface area contributed by atoms with Crippen LogP contribution in [-0.2, 0) is 16.0 Å². The van der Waals surface area contributed by atoms with Gasteiger partial charge in [0, 0.05) is 11.4 Å². The second-order valence-corrected chi connectivity index (χ2v) is 6.38. The van der Waals surface area contributed by atoms with Crippen LogP contribution in [0.25, 0.3) is 0 Å². The van der Waals surface area contributed by atoms with E-state index < -0.39 is 17.5 Å². The van der Waals surface area contributed by atoms with E-state index in [1.54, 1.807) is 37.3 Å². The van der Waals surface area contributed by atoms with Gasteiger partial charge in [-0.3, -0.25) is 4.79 Å². The molecule has 4 nitrogen and oxygen atoms in total. The van der Waals surface area contributed by atoms with E-state index in [4.69, 9.17) is 27.9 Å². The predicted molar refractivity (Wildman–Crippen MR) is 89.1 cm³/mol. The molecule has 2 aromatic carbocycles. The average Bonchev–Trinajstić information content (AvgIpc) is 2.51. The van der Waals surface area contributed by atoms with Crippen LogP contribution in [-0.4, -0.2) is 17.5 Å². The van der Waals surface area contributed by atoms with E-state index in [1.165, 1.54) is 0 Å². The van der Waals surface area contributed by atoms with E-state index in [0.29, 0.717) is 27.7 Å². The minimum Gasteiger partial charge on any atom is -0.445 e. The summed E-state index contributed by atoms with van der Waals surface area (Å²) >= 11 is 12.0. The number of hydrogen-bond donors (Lipinski definition) is 1. The van der Waals surface area contributed by atoms with E-state index in [-0.39, 0.29) is 0 Å². The fourth-order valence-electron chi connectivity index (χ4n) is 2.51. The van der Waals surface area contributed by atoms with Gasteiger partial charge in [-0.15, -0.1) is 0 Å². The molecule has 1 heterocycles. The van der Waals surface area contributed by atoms with Crippen molar-refractivity contribution in [3.63, 3.8) is 0 Å². The van der Waals surface area contributed by atoms with Crippen molar-refractivity contribution in [3.8, 4) is 0 Å². The van der Waals surface area contributed by atoms with E-state index in [9.17, 15) is 9.59 Å². The van der Waals surface area contributed by atoms with Crippen LogP contribution in [0.3, 0.4) is 0 Å². The Kier molecular flexibility index (Phi) is 4.04. The monoisotopic (exact) mass is 349 g/mol. The zero-order valence-electron chi connectivity index (χ0n) is 12.2. The van der Waals surface area contributed by atoms with Crippen LogP contribution in [0.15, 0.2) is 42.5 Å². The van der Waals surface area contributed by atoms with Gasteiger partial charge in [0.2, 0.25) is 0 Å². The molecule has 1 N–H and O–H groups in total. The number of benzene rings is 2. The summed E-state index contributed by atoms with van der Waals surface area (Å²) in [5, 5.41) is 3.48. The van der Waals surface area contributed by atoms with Crippen molar-refractivity contribution in [1.29, 1.82) is 0 Å². The molecule has 1 aliphatic rings. The highest BCUT2D eigenvalue weighted by Crippen LogP contribution is 2.31. The lowest BCUT2D eigenvalue weighted by atomic mass is 9.89. The van der Waals surface area contributed by atoms with E-state index in [1.807, 2.05) is 12.1 Å². The van der Waals surface area contributed by atoms with Crippen molar-refractivity contribution < 1.29 is 14.3 Å². The topological polar surface area (TPSA) is 55.4 Å². The van der Waals surface area contributed by atoms with Gasteiger partial charge in [0.15, 0.2) is 5.60 Å². The van der Waals surface area contributed by atoms with E-state index >= 15 is 0 Å². The third kappa shape index (κ3) is 3.05. The molecule has 2 aromatic rings. The molecule has 23 heavy (non-hydrogen) atoms. The normalized spacial score (nSPS) is 19.7. The van der Waals surface area contributed by atoms with E-state index in [2.05, 4.69) is 5.32 Å². The maximum atomic E-state index is 12.6. The van der Waals surface area contributed by atoms with Crippen LogP contribution in [0, 0.1) is 0 Å². The Morgan fingerprint density at radius 2 is 1.96 bits per heavy atom. The van der Waals surface area contributed by atoms with Gasteiger partial charge in [-0.05, 0) is 36.8 Å². The lowest BCUT2D eigenvalue weighted by molar-refractivity contribution is -0.134. The molecule has 1 amide bonds. The molecule has 6 heteroatoms. The molecule has 0 saturated heterocycles. The van der Waals surface area contributed by atoms with Crippen LogP contribution in [0.5, 0.6) is 0 Å². The van der Waals surface area contributed by atoms with Gasteiger partial charge in [0.1, 0.15) is 0 Å². The van der Waals surface area contributed by atoms with Gasteiger partial charge < -0.3 is 10.1 Å². The molecular formula is C17H13Cl2NO3. The Hall–Kier alpha value is -2.04. The number of cyclic esters (lactones) is 1. The summed E-state index contributed by atoms with van der Waals surface area (Å²) < 4.78 is 5.38. The first-order valence-corrected chi connectivity index (χ1v) is 7.72. The van der Waals surface area contributed by atoms with E-state index in [0.717, 1.165) is 5.56 Å². The Morgan fingerprint density at radius 3 is 2.74 bits per heavy atom. The van der Waals surface area contributed by atoms with Gasteiger partial charge >= 0.3 is 5.97 Å². The molecule has 3 rings (SSSR count). The SMILES string of the molecule is C[C@]1(C(=O)Nc2cc(Cl)ccc2Cl)Cc2ccccc2C(=O)O1. The zero-order chi connectivity index (χ0) is 16.6. The number of carbonyl (C=O) groups is 2. The number of halogens is 2. The minimum atomic E-state index is -1.31. The number of carbonyl (C=O) groups excluding carboxylic acids is 2. The largest absolute Gasteiger partial charge is 0.445 e. The van der Waals surface area contributed by atoms with Crippen LogP contribution < -0.4 is 5.32 Å². The number of anilines is 1. The van der Waals surface area contributed by atoms with Crippen LogP contribution in [0.4, 0.5) is 5.69 Å². The van der Waals surface area contributed by atoms with Crippen molar-refractivity contribution in [2.75, 3.05) is 5.32 Å². The summed E-state index contributed by atoms with van der Waals surface area (Å²) in [6, 6.07) is 11.8. The smallest absolute Gasteiger partial charge is 0.339 e. The molecule has 1 atom stereocenters. The standard InChI is InChI=1S/C17H13Cl2NO3/c1-17(9-10-4-2-3-5-12(10)15(21)23-17)16(22)20-14-8-11(18)6-7-13(14)19/h2-8H,9H2,1H3,(H,20,22)/t17-/m1/s1. The highest BCUT2D eigenvalue weighted by atomic mass is 35.5. The fraction of sp³-hybridized carbons (Fsp3) is 0.176. The number of fused-ring (bicyclic) bond motifs is 1. The summed E-state index contributed by atoms with van der Waals surface area (Å²) in [6.45, 7) is 1.58. The quantitative estimate of drug-likeness (QED) is 0.830. The molecule has 0 aromatic heterocycles. The Labute approximate surface area is 143 Å². The average molecular weight is 350 g/mol. The lowest BCUT2D eigenvalue weighted by Crippen LogP contribution is -2.48. The Bertz CT molecular complexity index is 806. The minimum absolute atomic E-state index is 0.291. The third-order valence-electron chi connectivity index (χ3n) is 3.74.